The van der Waals surface area contributed by atoms with Crippen molar-refractivity contribution in [3.8, 4) is 0 Å². The Morgan fingerprint density at radius 3 is 2.40 bits per heavy atom. The highest BCUT2D eigenvalue weighted by Gasteiger charge is 2.43. The third kappa shape index (κ3) is 2.60. The van der Waals surface area contributed by atoms with Gasteiger partial charge in [0.05, 0.1) is 6.10 Å². The quantitative estimate of drug-likeness (QED) is 0.713. The zero-order valence-corrected chi connectivity index (χ0v) is 9.70. The summed E-state index contributed by atoms with van der Waals surface area (Å²) in [5.74, 6) is 0. The Labute approximate surface area is 92.5 Å². The fraction of sp³-hybridized carbons (Fsp3) is 0.571. The lowest BCUT2D eigenvalue weighted by Gasteiger charge is -2.16. The lowest BCUT2D eigenvalue weighted by molar-refractivity contribution is 0.0718. The fourth-order valence-corrected chi connectivity index (χ4v) is 2.12. The van der Waals surface area contributed by atoms with Crippen LogP contribution in [0.4, 0.5) is 0 Å². The summed E-state index contributed by atoms with van der Waals surface area (Å²) < 4.78 is 5.64. The molecule has 1 saturated carbocycles. The zero-order chi connectivity index (χ0) is 10.7. The first kappa shape index (κ1) is 10.7. The number of hydrogen-bond donors (Lipinski definition) is 0. The predicted molar refractivity (Wildman–Crippen MR) is 63.1 cm³/mol. The molecule has 0 spiro atoms. The minimum Gasteiger partial charge on any atom is -0.379 e. The molecule has 0 aromatic heterocycles. The van der Waals surface area contributed by atoms with Gasteiger partial charge in [-0.15, -0.1) is 0 Å². The lowest BCUT2D eigenvalue weighted by atomic mass is 9.93. The molecule has 0 saturated heterocycles. The van der Waals surface area contributed by atoms with Crippen molar-refractivity contribution in [3.05, 3.63) is 35.9 Å². The zero-order valence-electron chi connectivity index (χ0n) is 9.70. The van der Waals surface area contributed by atoms with Crippen molar-refractivity contribution in [2.75, 3.05) is 6.61 Å². The van der Waals surface area contributed by atoms with Crippen LogP contribution in [-0.4, -0.2) is 12.7 Å². The van der Waals surface area contributed by atoms with E-state index in [1.165, 1.54) is 24.8 Å². The average Bonchev–Trinajstić information content (AvgIpc) is 3.00. The Hall–Kier alpha value is -0.820. The van der Waals surface area contributed by atoms with Gasteiger partial charge in [-0.25, -0.2) is 0 Å². The van der Waals surface area contributed by atoms with E-state index in [0.717, 1.165) is 6.61 Å². The molecule has 0 aliphatic heterocycles. The average molecular weight is 204 g/mol. The molecule has 82 valence electrons. The Kier molecular flexibility index (Phi) is 3.11. The fourth-order valence-electron chi connectivity index (χ4n) is 2.12. The molecule has 0 atom stereocenters. The van der Waals surface area contributed by atoms with Crippen LogP contribution in [0.3, 0.4) is 0 Å². The van der Waals surface area contributed by atoms with Crippen LogP contribution >= 0.6 is 0 Å². The van der Waals surface area contributed by atoms with Gasteiger partial charge in [0.2, 0.25) is 0 Å². The van der Waals surface area contributed by atoms with Gasteiger partial charge in [-0.05, 0) is 44.1 Å². The Balaban J connectivity index is 1.91. The van der Waals surface area contributed by atoms with E-state index in [9.17, 15) is 0 Å². The van der Waals surface area contributed by atoms with Crippen molar-refractivity contribution in [3.63, 3.8) is 0 Å². The van der Waals surface area contributed by atoms with Crippen LogP contribution in [0.2, 0.25) is 0 Å². The van der Waals surface area contributed by atoms with Gasteiger partial charge >= 0.3 is 0 Å². The summed E-state index contributed by atoms with van der Waals surface area (Å²) in [7, 11) is 0. The number of ether oxygens (including phenoxy) is 1. The topological polar surface area (TPSA) is 9.23 Å². The normalized spacial score (nSPS) is 18.1. The molecule has 1 nitrogen and oxygen atoms in total. The van der Waals surface area contributed by atoms with Crippen molar-refractivity contribution >= 4 is 0 Å². The SMILES string of the molecule is CC(C)OCCC1(c2ccccc2)CC1. The second kappa shape index (κ2) is 4.36. The summed E-state index contributed by atoms with van der Waals surface area (Å²) in [4.78, 5) is 0. The number of rotatable bonds is 5. The highest BCUT2D eigenvalue weighted by Crippen LogP contribution is 2.50. The van der Waals surface area contributed by atoms with Crippen LogP contribution in [0.25, 0.3) is 0 Å². The summed E-state index contributed by atoms with van der Waals surface area (Å²) >= 11 is 0. The first-order chi connectivity index (χ1) is 7.23. The minimum absolute atomic E-state index is 0.358. The standard InChI is InChI=1S/C14H20O/c1-12(2)15-11-10-14(8-9-14)13-6-4-3-5-7-13/h3-7,12H,8-11H2,1-2H3. The molecule has 1 aromatic carbocycles. The molecule has 1 heteroatoms. The van der Waals surface area contributed by atoms with E-state index in [1.807, 2.05) is 0 Å². The summed E-state index contributed by atoms with van der Waals surface area (Å²) in [6, 6.07) is 10.9. The van der Waals surface area contributed by atoms with E-state index in [2.05, 4.69) is 44.2 Å². The molecular formula is C14H20O. The minimum atomic E-state index is 0.358. The van der Waals surface area contributed by atoms with Gasteiger partial charge in [-0.1, -0.05) is 30.3 Å². The maximum absolute atomic E-state index is 5.64. The van der Waals surface area contributed by atoms with Gasteiger partial charge in [-0.2, -0.15) is 0 Å². The van der Waals surface area contributed by atoms with E-state index in [-0.39, 0.29) is 0 Å². The molecule has 15 heavy (non-hydrogen) atoms. The largest absolute Gasteiger partial charge is 0.379 e. The van der Waals surface area contributed by atoms with Crippen molar-refractivity contribution in [1.29, 1.82) is 0 Å². The van der Waals surface area contributed by atoms with Crippen LogP contribution in [0.5, 0.6) is 0 Å². The molecule has 1 aromatic rings. The maximum Gasteiger partial charge on any atom is 0.0518 e. The number of benzene rings is 1. The first-order valence-corrected chi connectivity index (χ1v) is 5.90. The smallest absolute Gasteiger partial charge is 0.0518 e. The highest BCUT2D eigenvalue weighted by molar-refractivity contribution is 5.30. The molecule has 0 heterocycles. The first-order valence-electron chi connectivity index (χ1n) is 5.90. The van der Waals surface area contributed by atoms with Gasteiger partial charge in [0, 0.05) is 6.61 Å². The van der Waals surface area contributed by atoms with E-state index >= 15 is 0 Å². The van der Waals surface area contributed by atoms with E-state index < -0.39 is 0 Å². The van der Waals surface area contributed by atoms with Crippen LogP contribution in [0.1, 0.15) is 38.7 Å². The summed E-state index contributed by atoms with van der Waals surface area (Å²) in [6.45, 7) is 5.09. The third-order valence-corrected chi connectivity index (χ3v) is 3.27. The summed E-state index contributed by atoms with van der Waals surface area (Å²) in [6.07, 6.45) is 4.20. The van der Waals surface area contributed by atoms with Crippen molar-refractivity contribution in [1.82, 2.24) is 0 Å². The van der Waals surface area contributed by atoms with Gasteiger partial charge in [0.15, 0.2) is 0 Å². The van der Waals surface area contributed by atoms with Crippen LogP contribution in [0, 0.1) is 0 Å². The van der Waals surface area contributed by atoms with Gasteiger partial charge in [0.25, 0.3) is 0 Å². The van der Waals surface area contributed by atoms with Crippen molar-refractivity contribution in [2.24, 2.45) is 0 Å². The molecule has 1 aliphatic carbocycles. The Morgan fingerprint density at radius 2 is 1.87 bits per heavy atom. The van der Waals surface area contributed by atoms with E-state index in [0.29, 0.717) is 11.5 Å². The molecule has 1 fully saturated rings. The van der Waals surface area contributed by atoms with Crippen LogP contribution in [-0.2, 0) is 10.2 Å². The van der Waals surface area contributed by atoms with Crippen molar-refractivity contribution in [2.45, 2.75) is 44.6 Å². The van der Waals surface area contributed by atoms with Crippen LogP contribution in [0.15, 0.2) is 30.3 Å². The highest BCUT2D eigenvalue weighted by atomic mass is 16.5. The molecule has 1 aliphatic rings. The Bertz CT molecular complexity index is 298. The van der Waals surface area contributed by atoms with Gasteiger partial charge in [-0.3, -0.25) is 0 Å². The lowest BCUT2D eigenvalue weighted by Crippen LogP contribution is -2.13. The molecule has 2 rings (SSSR count). The second-order valence-corrected chi connectivity index (χ2v) is 4.82. The third-order valence-electron chi connectivity index (χ3n) is 3.27. The Morgan fingerprint density at radius 1 is 1.20 bits per heavy atom. The van der Waals surface area contributed by atoms with E-state index in [4.69, 9.17) is 4.74 Å². The number of hydrogen-bond acceptors (Lipinski definition) is 1. The summed E-state index contributed by atoms with van der Waals surface area (Å²) in [5, 5.41) is 0. The monoisotopic (exact) mass is 204 g/mol. The van der Waals surface area contributed by atoms with Crippen LogP contribution < -0.4 is 0 Å². The van der Waals surface area contributed by atoms with Gasteiger partial charge in [0.1, 0.15) is 0 Å². The van der Waals surface area contributed by atoms with Crippen molar-refractivity contribution < 1.29 is 4.74 Å². The van der Waals surface area contributed by atoms with E-state index in [1.54, 1.807) is 0 Å². The maximum atomic E-state index is 5.64. The molecule has 0 unspecified atom stereocenters. The molecule has 0 N–H and O–H groups in total. The molecule has 0 bridgehead atoms. The van der Waals surface area contributed by atoms with Gasteiger partial charge < -0.3 is 4.74 Å². The molecule has 0 radical (unpaired) electrons. The summed E-state index contributed by atoms with van der Waals surface area (Å²) in [5.41, 5.74) is 1.95. The second-order valence-electron chi connectivity index (χ2n) is 4.82. The molecule has 0 amide bonds. The predicted octanol–water partition coefficient (Wildman–Crippen LogP) is 3.53. The molecular weight excluding hydrogens is 184 g/mol.